The first-order valence-corrected chi connectivity index (χ1v) is 5.18. The van der Waals surface area contributed by atoms with Crippen LogP contribution in [-0.4, -0.2) is 48.2 Å². The number of carbonyl (C=O) groups excluding carboxylic acids is 1. The van der Waals surface area contributed by atoms with Crippen molar-refractivity contribution in [2.75, 3.05) is 13.6 Å². The van der Waals surface area contributed by atoms with Gasteiger partial charge in [-0.3, -0.25) is 9.80 Å². The molecule has 0 aromatic carbocycles. The maximum absolute atomic E-state index is 11.0. The normalized spacial score (nSPS) is 12.3. The second-order valence-corrected chi connectivity index (χ2v) is 3.59. The van der Waals surface area contributed by atoms with Crippen LogP contribution >= 0.6 is 0 Å². The first-order chi connectivity index (χ1) is 8.31. The number of nitrogens with zero attached hydrogens (tertiary/aromatic N) is 3. The first-order valence-electron chi connectivity index (χ1n) is 5.18. The van der Waals surface area contributed by atoms with Gasteiger partial charge in [-0.1, -0.05) is 0 Å². The zero-order valence-corrected chi connectivity index (χ0v) is 10.7. The Morgan fingerprint density at radius 2 is 1.89 bits per heavy atom. The van der Waals surface area contributed by atoms with Crippen molar-refractivity contribution in [1.29, 1.82) is 0 Å². The molecule has 0 fully saturated rings. The third-order valence-corrected chi connectivity index (χ3v) is 1.34. The van der Waals surface area contributed by atoms with Crippen LogP contribution < -0.4 is 0 Å². The quantitative estimate of drug-likeness (QED) is 0.318. The highest BCUT2D eigenvalue weighted by atomic mass is 16.8. The van der Waals surface area contributed by atoms with E-state index >= 15 is 0 Å². The summed E-state index contributed by atoms with van der Waals surface area (Å²) in [6.07, 6.45) is -2.17. The molecule has 1 unspecified atom stereocenters. The number of rotatable bonds is 7. The largest absolute Gasteiger partial charge is 0.511 e. The first kappa shape index (κ1) is 15.9. The van der Waals surface area contributed by atoms with Crippen LogP contribution in [0.15, 0.2) is 10.5 Å². The Balaban J connectivity index is 3.88. The van der Waals surface area contributed by atoms with Crippen LogP contribution in [0.2, 0.25) is 0 Å². The zero-order chi connectivity index (χ0) is 14.1. The van der Waals surface area contributed by atoms with E-state index in [1.54, 1.807) is 13.8 Å². The van der Waals surface area contributed by atoms with Gasteiger partial charge in [-0.2, -0.15) is 0 Å². The predicted molar refractivity (Wildman–Crippen MR) is 58.4 cm³/mol. The number of hydrogen-bond donors (Lipinski definition) is 1. The fraction of sp³-hybridized carbons (Fsp3) is 0.778. The summed E-state index contributed by atoms with van der Waals surface area (Å²) < 4.78 is 9.35. The summed E-state index contributed by atoms with van der Waals surface area (Å²) in [5.74, 6) is -1.05. The maximum atomic E-state index is 11.0. The summed E-state index contributed by atoms with van der Waals surface area (Å²) in [7, 11) is 1.40. The fourth-order valence-electron chi connectivity index (χ4n) is 0.754. The van der Waals surface area contributed by atoms with Crippen LogP contribution in [0.3, 0.4) is 0 Å². The van der Waals surface area contributed by atoms with Crippen LogP contribution in [0, 0.1) is 0 Å². The van der Waals surface area contributed by atoms with E-state index in [4.69, 9.17) is 9.84 Å². The van der Waals surface area contributed by atoms with Crippen molar-refractivity contribution in [2.24, 2.45) is 10.5 Å². The van der Waals surface area contributed by atoms with Gasteiger partial charge >= 0.3 is 12.1 Å². The molecule has 0 spiro atoms. The minimum Gasteiger partial charge on any atom is -0.480 e. The van der Waals surface area contributed by atoms with E-state index in [0.717, 1.165) is 5.01 Å². The van der Waals surface area contributed by atoms with Crippen LogP contribution in [0.4, 0.5) is 4.79 Å². The smallest absolute Gasteiger partial charge is 0.480 e. The molecule has 1 N–H and O–H groups in total. The number of ether oxygens (including phenoxy) is 2. The lowest BCUT2D eigenvalue weighted by Gasteiger charge is -2.12. The van der Waals surface area contributed by atoms with Gasteiger partial charge in [-0.15, -0.1) is 0 Å². The molecule has 0 bridgehead atoms. The van der Waals surface area contributed by atoms with Crippen molar-refractivity contribution < 1.29 is 29.0 Å². The second kappa shape index (κ2) is 8.09. The number of hydrogen-bond acceptors (Lipinski definition) is 7. The minimum atomic E-state index is -1.05. The Kier molecular flexibility index (Phi) is 7.17. The lowest BCUT2D eigenvalue weighted by molar-refractivity contribution is -0.139. The van der Waals surface area contributed by atoms with Crippen LogP contribution in [-0.2, 0) is 19.1 Å². The summed E-state index contributed by atoms with van der Waals surface area (Å²) >= 11 is 0. The molecule has 0 aromatic heterocycles. The van der Waals surface area contributed by atoms with E-state index in [-0.39, 0.29) is 12.6 Å². The molecule has 0 aliphatic heterocycles. The summed E-state index contributed by atoms with van der Waals surface area (Å²) in [6, 6.07) is 0. The second-order valence-electron chi connectivity index (χ2n) is 3.59. The van der Waals surface area contributed by atoms with E-state index in [1.165, 1.54) is 14.0 Å². The number of carboxylic acids is 1. The standard InChI is InChI=1S/C9H17N3O6/c1-6(2)16-9(15)17-7(3)18-11-10-12(4)5-8(13)14/h6-7H,5H2,1-4H3,(H,13,14). The van der Waals surface area contributed by atoms with Gasteiger partial charge < -0.3 is 19.4 Å². The van der Waals surface area contributed by atoms with Gasteiger partial charge in [0.1, 0.15) is 6.54 Å². The number of likely N-dealkylation sites (N-methyl/N-ethyl adjacent to an activating group) is 1. The Labute approximate surface area is 104 Å². The van der Waals surface area contributed by atoms with Gasteiger partial charge in [0.2, 0.25) is 0 Å². The van der Waals surface area contributed by atoms with E-state index < -0.39 is 18.4 Å². The van der Waals surface area contributed by atoms with Crippen LogP contribution in [0.25, 0.3) is 0 Å². The van der Waals surface area contributed by atoms with E-state index in [2.05, 4.69) is 20.1 Å². The molecule has 0 aliphatic carbocycles. The molecule has 0 saturated carbocycles. The maximum Gasteiger partial charge on any atom is 0.511 e. The predicted octanol–water partition coefficient (Wildman–Crippen LogP) is 1.21. The van der Waals surface area contributed by atoms with Crippen molar-refractivity contribution in [3.63, 3.8) is 0 Å². The Morgan fingerprint density at radius 1 is 1.28 bits per heavy atom. The van der Waals surface area contributed by atoms with Crippen LogP contribution in [0.5, 0.6) is 0 Å². The highest BCUT2D eigenvalue weighted by Gasteiger charge is 2.12. The van der Waals surface area contributed by atoms with Gasteiger partial charge in [0.15, 0.2) is 0 Å². The van der Waals surface area contributed by atoms with Gasteiger partial charge in [-0.25, -0.2) is 4.79 Å². The lowest BCUT2D eigenvalue weighted by Crippen LogP contribution is -2.21. The van der Waals surface area contributed by atoms with Crippen molar-refractivity contribution >= 4 is 12.1 Å². The van der Waals surface area contributed by atoms with E-state index in [9.17, 15) is 9.59 Å². The summed E-state index contributed by atoms with van der Waals surface area (Å²) in [6.45, 7) is 4.44. The monoisotopic (exact) mass is 263 g/mol. The minimum absolute atomic E-state index is 0.298. The van der Waals surface area contributed by atoms with E-state index in [1.807, 2.05) is 0 Å². The van der Waals surface area contributed by atoms with Crippen molar-refractivity contribution in [1.82, 2.24) is 5.01 Å². The van der Waals surface area contributed by atoms with Crippen molar-refractivity contribution in [3.05, 3.63) is 0 Å². The molecule has 9 heteroatoms. The van der Waals surface area contributed by atoms with Crippen molar-refractivity contribution in [2.45, 2.75) is 33.2 Å². The SMILES string of the molecule is CC(C)OC(=O)OC(C)ON=NN(C)CC(=O)O. The fourth-order valence-corrected chi connectivity index (χ4v) is 0.754. The van der Waals surface area contributed by atoms with E-state index in [0.29, 0.717) is 0 Å². The van der Waals surface area contributed by atoms with Gasteiger partial charge in [0.05, 0.1) is 6.10 Å². The molecule has 0 rings (SSSR count). The van der Waals surface area contributed by atoms with Crippen molar-refractivity contribution in [3.8, 4) is 0 Å². The molecule has 0 amide bonds. The van der Waals surface area contributed by atoms with Gasteiger partial charge in [0, 0.05) is 19.2 Å². The lowest BCUT2D eigenvalue weighted by atomic mass is 10.5. The average Bonchev–Trinajstić information content (AvgIpc) is 2.13. The molecule has 104 valence electrons. The van der Waals surface area contributed by atoms with Gasteiger partial charge in [0.25, 0.3) is 6.29 Å². The molecule has 0 saturated heterocycles. The highest BCUT2D eigenvalue weighted by Crippen LogP contribution is 2.00. The topological polar surface area (TPSA) is 110 Å². The summed E-state index contributed by atoms with van der Waals surface area (Å²) in [4.78, 5) is 26.0. The average molecular weight is 263 g/mol. The Hall–Kier alpha value is -2.06. The number of carbonyl (C=O) groups is 2. The third-order valence-electron chi connectivity index (χ3n) is 1.34. The molecule has 0 aromatic rings. The Bertz CT molecular complexity index is 307. The molecule has 1 atom stereocenters. The summed E-state index contributed by atoms with van der Waals surface area (Å²) in [5.41, 5.74) is 0. The third kappa shape index (κ3) is 9.19. The van der Waals surface area contributed by atoms with Crippen LogP contribution in [0.1, 0.15) is 20.8 Å². The summed E-state index contributed by atoms with van der Waals surface area (Å²) in [5, 5.41) is 16.1. The molecule has 9 nitrogen and oxygen atoms in total. The molecule has 18 heavy (non-hydrogen) atoms. The molecule has 0 radical (unpaired) electrons. The zero-order valence-electron chi connectivity index (χ0n) is 10.7. The Morgan fingerprint density at radius 3 is 2.39 bits per heavy atom. The van der Waals surface area contributed by atoms with Gasteiger partial charge in [-0.05, 0) is 19.1 Å². The molecule has 0 aliphatic rings. The number of aliphatic carboxylic acids is 1. The molecule has 0 heterocycles. The number of carboxylic acid groups (broad SMARTS) is 1. The molecular weight excluding hydrogens is 246 g/mol. The molecular formula is C9H17N3O6. The highest BCUT2D eigenvalue weighted by molar-refractivity contribution is 5.68.